The lowest BCUT2D eigenvalue weighted by Crippen LogP contribution is -2.29. The highest BCUT2D eigenvalue weighted by atomic mass is 35.5. The molecule has 0 saturated carbocycles. The van der Waals surface area contributed by atoms with Crippen LogP contribution in [0.1, 0.15) is 16.1 Å². The third-order valence-electron chi connectivity index (χ3n) is 3.56. The standard InChI is InChI=1S/C16H13ClF3N5O/c17-11-7-9(16(18,19)20)8-23-14(11)21-5-6-22-15(26)13-10-3-1-2-4-12(10)24-25-13/h1-4,7-8H,5-6H2,(H,21,23)(H,22,26)(H,24,25). The molecule has 136 valence electrons. The monoisotopic (exact) mass is 383 g/mol. The number of hydrogen-bond acceptors (Lipinski definition) is 4. The fourth-order valence-corrected chi connectivity index (χ4v) is 2.53. The predicted octanol–water partition coefficient (Wildman–Crippen LogP) is 3.47. The SMILES string of the molecule is O=C(NCCNc1ncc(C(F)(F)F)cc1Cl)c1n[nH]c2ccccc12. The molecule has 2 heterocycles. The van der Waals surface area contributed by atoms with Crippen molar-refractivity contribution in [1.29, 1.82) is 0 Å². The Morgan fingerprint density at radius 1 is 1.23 bits per heavy atom. The summed E-state index contributed by atoms with van der Waals surface area (Å²) in [5, 5.41) is 12.7. The minimum atomic E-state index is -4.50. The lowest BCUT2D eigenvalue weighted by Gasteiger charge is -2.11. The average Bonchev–Trinajstić information content (AvgIpc) is 3.03. The van der Waals surface area contributed by atoms with Gasteiger partial charge in [0.05, 0.1) is 16.1 Å². The lowest BCUT2D eigenvalue weighted by atomic mass is 10.2. The van der Waals surface area contributed by atoms with Crippen LogP contribution in [0.3, 0.4) is 0 Å². The number of alkyl halides is 3. The molecule has 10 heteroatoms. The van der Waals surface area contributed by atoms with Crippen molar-refractivity contribution in [1.82, 2.24) is 20.5 Å². The highest BCUT2D eigenvalue weighted by molar-refractivity contribution is 6.32. The normalized spacial score (nSPS) is 11.5. The molecule has 3 N–H and O–H groups in total. The number of rotatable bonds is 5. The van der Waals surface area contributed by atoms with Crippen molar-refractivity contribution in [2.24, 2.45) is 0 Å². The van der Waals surface area contributed by atoms with Crippen molar-refractivity contribution in [2.75, 3.05) is 18.4 Å². The summed E-state index contributed by atoms with van der Waals surface area (Å²) < 4.78 is 37.7. The van der Waals surface area contributed by atoms with Crippen molar-refractivity contribution in [3.63, 3.8) is 0 Å². The number of para-hydroxylation sites is 1. The Morgan fingerprint density at radius 2 is 2.00 bits per heavy atom. The van der Waals surface area contributed by atoms with E-state index in [4.69, 9.17) is 11.6 Å². The fraction of sp³-hybridized carbons (Fsp3) is 0.188. The van der Waals surface area contributed by atoms with Crippen molar-refractivity contribution in [3.8, 4) is 0 Å². The predicted molar refractivity (Wildman–Crippen MR) is 91.2 cm³/mol. The second kappa shape index (κ2) is 7.20. The minimum Gasteiger partial charge on any atom is -0.367 e. The van der Waals surface area contributed by atoms with Crippen molar-refractivity contribution < 1.29 is 18.0 Å². The maximum absolute atomic E-state index is 12.6. The first kappa shape index (κ1) is 18.0. The van der Waals surface area contributed by atoms with E-state index in [0.717, 1.165) is 11.6 Å². The van der Waals surface area contributed by atoms with E-state index in [9.17, 15) is 18.0 Å². The largest absolute Gasteiger partial charge is 0.417 e. The number of carbonyl (C=O) groups excluding carboxylic acids is 1. The zero-order valence-electron chi connectivity index (χ0n) is 13.2. The van der Waals surface area contributed by atoms with Crippen LogP contribution in [0.2, 0.25) is 5.02 Å². The van der Waals surface area contributed by atoms with Gasteiger partial charge in [0.25, 0.3) is 5.91 Å². The molecular formula is C16H13ClF3N5O. The van der Waals surface area contributed by atoms with Gasteiger partial charge in [0.1, 0.15) is 5.82 Å². The number of anilines is 1. The third kappa shape index (κ3) is 3.88. The fourth-order valence-electron chi connectivity index (χ4n) is 2.30. The minimum absolute atomic E-state index is 0.110. The van der Waals surface area contributed by atoms with Crippen LogP contribution >= 0.6 is 11.6 Å². The topological polar surface area (TPSA) is 82.7 Å². The molecule has 6 nitrogen and oxygen atoms in total. The Labute approximate surface area is 150 Å². The van der Waals surface area contributed by atoms with E-state index in [1.54, 1.807) is 18.2 Å². The summed E-state index contributed by atoms with van der Waals surface area (Å²) in [6, 6.07) is 8.00. The summed E-state index contributed by atoms with van der Waals surface area (Å²) in [5.41, 5.74) is 0.0922. The van der Waals surface area contributed by atoms with E-state index in [0.29, 0.717) is 11.6 Å². The number of aromatic nitrogens is 3. The lowest BCUT2D eigenvalue weighted by molar-refractivity contribution is -0.137. The van der Waals surface area contributed by atoms with Gasteiger partial charge in [0.2, 0.25) is 0 Å². The summed E-state index contributed by atoms with van der Waals surface area (Å²) in [5.74, 6) is -0.255. The Kier molecular flexibility index (Phi) is 4.99. The van der Waals surface area contributed by atoms with E-state index in [-0.39, 0.29) is 35.5 Å². The molecule has 3 rings (SSSR count). The van der Waals surface area contributed by atoms with E-state index >= 15 is 0 Å². The Balaban J connectivity index is 1.55. The second-order valence-corrected chi connectivity index (χ2v) is 5.76. The number of fused-ring (bicyclic) bond motifs is 1. The van der Waals surface area contributed by atoms with Gasteiger partial charge in [-0.15, -0.1) is 0 Å². The van der Waals surface area contributed by atoms with Gasteiger partial charge in [-0.3, -0.25) is 9.89 Å². The summed E-state index contributed by atoms with van der Waals surface area (Å²) in [6.45, 7) is 0.436. The molecule has 0 aliphatic heterocycles. The molecule has 0 radical (unpaired) electrons. The molecule has 0 saturated heterocycles. The molecule has 26 heavy (non-hydrogen) atoms. The maximum atomic E-state index is 12.6. The molecule has 0 unspecified atom stereocenters. The molecule has 0 aliphatic rings. The molecule has 1 amide bonds. The van der Waals surface area contributed by atoms with Gasteiger partial charge < -0.3 is 10.6 Å². The number of hydrogen-bond donors (Lipinski definition) is 3. The van der Waals surface area contributed by atoms with Gasteiger partial charge in [-0.1, -0.05) is 29.8 Å². The van der Waals surface area contributed by atoms with Crippen molar-refractivity contribution in [2.45, 2.75) is 6.18 Å². The first-order chi connectivity index (χ1) is 12.4. The highest BCUT2D eigenvalue weighted by Crippen LogP contribution is 2.32. The number of carbonyl (C=O) groups is 1. The molecule has 3 aromatic rings. The summed E-state index contributed by atoms with van der Waals surface area (Å²) >= 11 is 5.80. The molecule has 2 aromatic heterocycles. The van der Waals surface area contributed by atoms with Crippen LogP contribution in [0.4, 0.5) is 19.0 Å². The van der Waals surface area contributed by atoms with Crippen molar-refractivity contribution in [3.05, 3.63) is 52.8 Å². The van der Waals surface area contributed by atoms with Crippen LogP contribution in [0.25, 0.3) is 10.9 Å². The van der Waals surface area contributed by atoms with Crippen LogP contribution < -0.4 is 10.6 Å². The van der Waals surface area contributed by atoms with Crippen LogP contribution in [-0.2, 0) is 6.18 Å². The van der Waals surface area contributed by atoms with E-state index in [2.05, 4.69) is 25.8 Å². The smallest absolute Gasteiger partial charge is 0.367 e. The summed E-state index contributed by atoms with van der Waals surface area (Å²) in [6.07, 6.45) is -3.81. The zero-order chi connectivity index (χ0) is 18.7. The molecular weight excluding hydrogens is 371 g/mol. The molecule has 0 aliphatic carbocycles. The number of nitrogens with zero attached hydrogens (tertiary/aromatic N) is 2. The Morgan fingerprint density at radius 3 is 2.73 bits per heavy atom. The molecule has 0 bridgehead atoms. The third-order valence-corrected chi connectivity index (χ3v) is 3.85. The first-order valence-electron chi connectivity index (χ1n) is 7.54. The number of aromatic amines is 1. The van der Waals surface area contributed by atoms with Gasteiger partial charge >= 0.3 is 6.18 Å². The van der Waals surface area contributed by atoms with Gasteiger partial charge in [-0.25, -0.2) is 4.98 Å². The summed E-state index contributed by atoms with van der Waals surface area (Å²) in [7, 11) is 0. The van der Waals surface area contributed by atoms with Crippen LogP contribution in [-0.4, -0.2) is 34.2 Å². The number of H-pyrrole nitrogens is 1. The van der Waals surface area contributed by atoms with Crippen LogP contribution in [0.5, 0.6) is 0 Å². The second-order valence-electron chi connectivity index (χ2n) is 5.35. The van der Waals surface area contributed by atoms with E-state index in [1.807, 2.05) is 6.07 Å². The quantitative estimate of drug-likeness (QED) is 0.589. The Bertz CT molecular complexity index is 941. The van der Waals surface area contributed by atoms with Gasteiger partial charge in [-0.05, 0) is 12.1 Å². The molecule has 0 spiro atoms. The number of amides is 1. The van der Waals surface area contributed by atoms with E-state index in [1.165, 1.54) is 0 Å². The van der Waals surface area contributed by atoms with E-state index < -0.39 is 11.7 Å². The molecule has 0 atom stereocenters. The van der Waals surface area contributed by atoms with Gasteiger partial charge in [0.15, 0.2) is 5.69 Å². The number of halogens is 4. The number of benzene rings is 1. The maximum Gasteiger partial charge on any atom is 0.417 e. The summed E-state index contributed by atoms with van der Waals surface area (Å²) in [4.78, 5) is 15.8. The number of nitrogens with one attached hydrogen (secondary N) is 3. The highest BCUT2D eigenvalue weighted by Gasteiger charge is 2.31. The number of pyridine rings is 1. The zero-order valence-corrected chi connectivity index (χ0v) is 13.9. The molecule has 1 aromatic carbocycles. The van der Waals surface area contributed by atoms with Crippen molar-refractivity contribution >= 4 is 34.2 Å². The van der Waals surface area contributed by atoms with Crippen LogP contribution in [0, 0.1) is 0 Å². The van der Waals surface area contributed by atoms with Gasteiger partial charge in [-0.2, -0.15) is 18.3 Å². The van der Waals surface area contributed by atoms with Crippen LogP contribution in [0.15, 0.2) is 36.5 Å². The average molecular weight is 384 g/mol. The Hall–Kier alpha value is -2.81. The first-order valence-corrected chi connectivity index (χ1v) is 7.92. The van der Waals surface area contributed by atoms with Gasteiger partial charge in [0, 0.05) is 24.7 Å². The molecule has 0 fully saturated rings.